The number of ether oxygens (including phenoxy) is 1. The molecule has 7 heteroatoms. The molecular weight excluding hydrogens is 398 g/mol. The molecule has 0 saturated carbocycles. The number of hydrogen-bond acceptors (Lipinski definition) is 5. The van der Waals surface area contributed by atoms with Gasteiger partial charge in [0.25, 0.3) is 5.91 Å². The van der Waals surface area contributed by atoms with Crippen molar-refractivity contribution in [2.75, 3.05) is 0 Å². The number of halogens is 1. The lowest BCUT2D eigenvalue weighted by molar-refractivity contribution is 0.0953. The van der Waals surface area contributed by atoms with Crippen LogP contribution in [-0.2, 0) is 0 Å². The minimum Gasteiger partial charge on any atom is -0.490 e. The van der Waals surface area contributed by atoms with Gasteiger partial charge in [-0.25, -0.2) is 5.84 Å². The second kappa shape index (κ2) is 8.13. The molecule has 6 nitrogen and oxygen atoms in total. The Hall–Kier alpha value is -2.69. The van der Waals surface area contributed by atoms with E-state index in [1.807, 2.05) is 19.9 Å². The highest BCUT2D eigenvalue weighted by Gasteiger charge is 2.21. The Kier molecular flexibility index (Phi) is 6.14. The second-order valence-electron chi connectivity index (χ2n) is 5.89. The fraction of sp³-hybridized carbons (Fsp3) is 0.211. The number of nitrogen functional groups attached to an aromatic ring is 1. The first-order valence-corrected chi connectivity index (χ1v) is 8.65. The number of nitriles is 1. The monoisotopic (exact) mass is 415 g/mol. The molecule has 3 N–H and O–H groups in total. The Bertz CT molecular complexity index is 917. The van der Waals surface area contributed by atoms with E-state index < -0.39 is 5.91 Å². The van der Waals surface area contributed by atoms with Crippen LogP contribution in [0.25, 0.3) is 0 Å². The summed E-state index contributed by atoms with van der Waals surface area (Å²) in [5.41, 5.74) is 3.80. The van der Waals surface area contributed by atoms with Crippen LogP contribution in [0, 0.1) is 18.3 Å². The van der Waals surface area contributed by atoms with E-state index in [9.17, 15) is 14.9 Å². The maximum Gasteiger partial charge on any atom is 0.265 e. The number of ketones is 1. The van der Waals surface area contributed by atoms with Gasteiger partial charge in [0.15, 0.2) is 5.78 Å². The number of carbonyl (C=O) groups excluding carboxylic acids is 2. The van der Waals surface area contributed by atoms with E-state index in [2.05, 4.69) is 21.4 Å². The van der Waals surface area contributed by atoms with Gasteiger partial charge < -0.3 is 4.74 Å². The van der Waals surface area contributed by atoms with Crippen molar-refractivity contribution in [2.24, 2.45) is 5.84 Å². The normalized spacial score (nSPS) is 10.3. The molecule has 26 heavy (non-hydrogen) atoms. The summed E-state index contributed by atoms with van der Waals surface area (Å²) < 4.78 is 6.13. The molecule has 0 unspecified atom stereocenters. The summed E-state index contributed by atoms with van der Waals surface area (Å²) in [4.78, 5) is 24.9. The molecule has 2 rings (SSSR count). The third-order valence-corrected chi connectivity index (χ3v) is 4.40. The molecule has 0 aliphatic heterocycles. The third kappa shape index (κ3) is 3.93. The quantitative estimate of drug-likeness (QED) is 0.337. The lowest BCUT2D eigenvalue weighted by Gasteiger charge is -2.14. The van der Waals surface area contributed by atoms with E-state index in [-0.39, 0.29) is 17.5 Å². The maximum atomic E-state index is 13.0. The summed E-state index contributed by atoms with van der Waals surface area (Å²) in [5, 5.41) is 9.35. The van der Waals surface area contributed by atoms with Gasteiger partial charge in [-0.1, -0.05) is 15.9 Å². The summed E-state index contributed by atoms with van der Waals surface area (Å²) in [6.45, 7) is 5.38. The highest BCUT2D eigenvalue weighted by Crippen LogP contribution is 2.28. The molecular formula is C19H18BrN3O3. The molecule has 0 bridgehead atoms. The highest BCUT2D eigenvalue weighted by molar-refractivity contribution is 9.10. The van der Waals surface area contributed by atoms with Gasteiger partial charge in [-0.3, -0.25) is 15.0 Å². The van der Waals surface area contributed by atoms with Crippen LogP contribution >= 0.6 is 15.9 Å². The lowest BCUT2D eigenvalue weighted by Crippen LogP contribution is -2.31. The Morgan fingerprint density at radius 1 is 1.27 bits per heavy atom. The number of amides is 1. The number of hydrogen-bond donors (Lipinski definition) is 2. The van der Waals surface area contributed by atoms with E-state index in [1.54, 1.807) is 31.2 Å². The Labute approximate surface area is 160 Å². The van der Waals surface area contributed by atoms with E-state index >= 15 is 0 Å². The van der Waals surface area contributed by atoms with E-state index in [0.717, 1.165) is 0 Å². The minimum atomic E-state index is -0.484. The van der Waals surface area contributed by atoms with Gasteiger partial charge in [0.2, 0.25) is 0 Å². The van der Waals surface area contributed by atoms with Crippen molar-refractivity contribution in [1.82, 2.24) is 5.43 Å². The summed E-state index contributed by atoms with van der Waals surface area (Å²) in [6.07, 6.45) is -0.0912. The number of rotatable bonds is 5. The number of carbonyl (C=O) groups is 2. The van der Waals surface area contributed by atoms with Crippen LogP contribution in [0.5, 0.6) is 5.75 Å². The van der Waals surface area contributed by atoms with Gasteiger partial charge in [0, 0.05) is 21.2 Å². The molecule has 0 spiro atoms. The van der Waals surface area contributed by atoms with Crippen molar-refractivity contribution >= 4 is 27.6 Å². The summed E-state index contributed by atoms with van der Waals surface area (Å²) in [5.74, 6) is 4.82. The second-order valence-corrected chi connectivity index (χ2v) is 6.74. The van der Waals surface area contributed by atoms with E-state index in [4.69, 9.17) is 10.6 Å². The fourth-order valence-corrected chi connectivity index (χ4v) is 3.15. The smallest absolute Gasteiger partial charge is 0.265 e. The molecule has 2 aromatic rings. The van der Waals surface area contributed by atoms with Crippen LogP contribution in [0.2, 0.25) is 0 Å². The van der Waals surface area contributed by atoms with Crippen molar-refractivity contribution in [3.63, 3.8) is 0 Å². The zero-order valence-corrected chi connectivity index (χ0v) is 16.2. The molecule has 0 aliphatic rings. The first kappa shape index (κ1) is 19.6. The Morgan fingerprint density at radius 3 is 2.54 bits per heavy atom. The van der Waals surface area contributed by atoms with Crippen molar-refractivity contribution < 1.29 is 14.3 Å². The largest absolute Gasteiger partial charge is 0.490 e. The maximum absolute atomic E-state index is 13.0. The topological polar surface area (TPSA) is 105 Å². The highest BCUT2D eigenvalue weighted by atomic mass is 79.9. The predicted molar refractivity (Wildman–Crippen MR) is 101 cm³/mol. The first-order chi connectivity index (χ1) is 12.3. The molecule has 0 aliphatic carbocycles. The van der Waals surface area contributed by atoms with Crippen LogP contribution in [0.15, 0.2) is 34.8 Å². The van der Waals surface area contributed by atoms with Crippen molar-refractivity contribution in [1.29, 1.82) is 5.26 Å². The van der Waals surface area contributed by atoms with Gasteiger partial charge in [0.05, 0.1) is 11.7 Å². The molecule has 0 radical (unpaired) electrons. The SMILES string of the molecule is Cc1c(C(=O)NN)ccc(Br)c1C(=O)c1ccc(OC(C)C)c(C#N)c1. The summed E-state index contributed by atoms with van der Waals surface area (Å²) in [6, 6.07) is 9.94. The molecule has 0 atom stereocenters. The molecule has 0 aromatic heterocycles. The zero-order valence-electron chi connectivity index (χ0n) is 14.6. The molecule has 0 fully saturated rings. The van der Waals surface area contributed by atoms with Crippen LogP contribution in [0.1, 0.15) is 51.3 Å². The van der Waals surface area contributed by atoms with E-state index in [1.165, 1.54) is 6.07 Å². The number of benzene rings is 2. The number of nitrogens with two attached hydrogens (primary N) is 1. The minimum absolute atomic E-state index is 0.0912. The number of nitrogens with one attached hydrogen (secondary N) is 1. The average Bonchev–Trinajstić information content (AvgIpc) is 2.61. The molecule has 0 saturated heterocycles. The van der Waals surface area contributed by atoms with Crippen LogP contribution < -0.4 is 16.0 Å². The molecule has 0 heterocycles. The van der Waals surface area contributed by atoms with Crippen LogP contribution in [-0.4, -0.2) is 17.8 Å². The van der Waals surface area contributed by atoms with Gasteiger partial charge >= 0.3 is 0 Å². The summed E-state index contributed by atoms with van der Waals surface area (Å²) >= 11 is 3.36. The Balaban J connectivity index is 2.53. The lowest BCUT2D eigenvalue weighted by atomic mass is 9.94. The Morgan fingerprint density at radius 2 is 1.96 bits per heavy atom. The molecule has 1 amide bonds. The standard InChI is InChI=1S/C19H18BrN3O3/c1-10(2)26-16-7-4-12(8-13(16)9-21)18(24)17-11(3)14(19(25)23-22)5-6-15(17)20/h4-8,10H,22H2,1-3H3,(H,23,25). The molecule has 2 aromatic carbocycles. The van der Waals surface area contributed by atoms with Crippen LogP contribution in [0.4, 0.5) is 0 Å². The van der Waals surface area contributed by atoms with Crippen LogP contribution in [0.3, 0.4) is 0 Å². The van der Waals surface area contributed by atoms with Gasteiger partial charge in [0.1, 0.15) is 11.8 Å². The number of nitrogens with zero attached hydrogens (tertiary/aromatic N) is 1. The average molecular weight is 416 g/mol. The third-order valence-electron chi connectivity index (χ3n) is 3.74. The van der Waals surface area contributed by atoms with Crippen molar-refractivity contribution in [3.05, 3.63) is 62.6 Å². The first-order valence-electron chi connectivity index (χ1n) is 7.85. The van der Waals surface area contributed by atoms with E-state index in [0.29, 0.717) is 32.5 Å². The summed E-state index contributed by atoms with van der Waals surface area (Å²) in [7, 11) is 0. The zero-order chi connectivity index (χ0) is 19.4. The van der Waals surface area contributed by atoms with Crippen molar-refractivity contribution in [3.8, 4) is 11.8 Å². The van der Waals surface area contributed by atoms with Gasteiger partial charge in [-0.15, -0.1) is 0 Å². The number of hydrazine groups is 1. The molecule has 134 valence electrons. The van der Waals surface area contributed by atoms with Gasteiger partial charge in [-0.2, -0.15) is 5.26 Å². The fourth-order valence-electron chi connectivity index (χ4n) is 2.54. The van der Waals surface area contributed by atoms with Crippen molar-refractivity contribution in [2.45, 2.75) is 26.9 Å². The van der Waals surface area contributed by atoms with Gasteiger partial charge in [-0.05, 0) is 56.7 Å². The predicted octanol–water partition coefficient (Wildman–Crippen LogP) is 3.25.